The average molecular weight is 345 g/mol. The van der Waals surface area contributed by atoms with Gasteiger partial charge in [-0.1, -0.05) is 12.1 Å². The summed E-state index contributed by atoms with van der Waals surface area (Å²) in [7, 11) is 1.54. The first-order chi connectivity index (χ1) is 11.6. The van der Waals surface area contributed by atoms with E-state index in [1.165, 1.54) is 28.8 Å². The molecule has 0 unspecified atom stereocenters. The zero-order valence-electron chi connectivity index (χ0n) is 13.1. The number of methoxy groups -OCH3 is 1. The molecule has 4 nitrogen and oxygen atoms in total. The van der Waals surface area contributed by atoms with Crippen molar-refractivity contribution in [2.24, 2.45) is 0 Å². The van der Waals surface area contributed by atoms with Gasteiger partial charge in [0.05, 0.1) is 18.2 Å². The van der Waals surface area contributed by atoms with Gasteiger partial charge in [0.1, 0.15) is 11.6 Å². The Morgan fingerprint density at radius 2 is 1.75 bits per heavy atom. The highest BCUT2D eigenvalue weighted by Gasteiger charge is 2.34. The summed E-state index contributed by atoms with van der Waals surface area (Å²) in [6, 6.07) is 11.2. The van der Waals surface area contributed by atoms with E-state index in [1.807, 2.05) is 0 Å². The van der Waals surface area contributed by atoms with E-state index in [4.69, 9.17) is 4.74 Å². The molecule has 0 aliphatic carbocycles. The van der Waals surface area contributed by atoms with Crippen molar-refractivity contribution < 1.29 is 18.7 Å². The van der Waals surface area contributed by atoms with Crippen LogP contribution in [0, 0.1) is 5.82 Å². The first kappa shape index (κ1) is 16.5. The van der Waals surface area contributed by atoms with Gasteiger partial charge in [-0.15, -0.1) is 0 Å². The maximum absolute atomic E-state index is 13.3. The van der Waals surface area contributed by atoms with E-state index in [0.717, 1.165) is 5.56 Å². The molecule has 2 aromatic carbocycles. The molecule has 1 aliphatic rings. The third-order valence-electron chi connectivity index (χ3n) is 3.84. The monoisotopic (exact) mass is 345 g/mol. The van der Waals surface area contributed by atoms with Crippen molar-refractivity contribution in [2.45, 2.75) is 5.75 Å². The largest absolute Gasteiger partial charge is 0.496 e. The van der Waals surface area contributed by atoms with Gasteiger partial charge < -0.3 is 4.74 Å². The minimum absolute atomic E-state index is 0.250. The van der Waals surface area contributed by atoms with Crippen LogP contribution in [-0.2, 0) is 5.75 Å². The highest BCUT2D eigenvalue weighted by Crippen LogP contribution is 2.26. The average Bonchev–Trinajstić information content (AvgIpc) is 2.84. The summed E-state index contributed by atoms with van der Waals surface area (Å²) in [5.74, 6) is 0.936. The van der Waals surface area contributed by atoms with Gasteiger partial charge in [-0.05, 0) is 30.3 Å². The van der Waals surface area contributed by atoms with E-state index in [-0.39, 0.29) is 17.6 Å². The number of amides is 2. The van der Waals surface area contributed by atoms with Crippen molar-refractivity contribution in [3.05, 3.63) is 65.0 Å². The van der Waals surface area contributed by atoms with Gasteiger partial charge in [-0.3, -0.25) is 14.5 Å². The van der Waals surface area contributed by atoms with Crippen molar-refractivity contribution in [3.63, 3.8) is 0 Å². The Labute approximate surface area is 143 Å². The molecule has 0 fully saturated rings. The fourth-order valence-electron chi connectivity index (χ4n) is 2.64. The van der Waals surface area contributed by atoms with Crippen LogP contribution in [0.2, 0.25) is 0 Å². The lowest BCUT2D eigenvalue weighted by molar-refractivity contribution is 0.0664. The van der Waals surface area contributed by atoms with Gasteiger partial charge in [-0.25, -0.2) is 4.39 Å². The number of hydrogen-bond acceptors (Lipinski definition) is 4. The molecule has 0 atom stereocenters. The molecular weight excluding hydrogens is 329 g/mol. The van der Waals surface area contributed by atoms with Gasteiger partial charge in [-0.2, -0.15) is 11.8 Å². The number of halogens is 1. The van der Waals surface area contributed by atoms with Crippen LogP contribution in [-0.4, -0.2) is 36.1 Å². The van der Waals surface area contributed by atoms with E-state index in [9.17, 15) is 14.0 Å². The van der Waals surface area contributed by atoms with Crippen LogP contribution in [0.5, 0.6) is 5.75 Å². The van der Waals surface area contributed by atoms with Crippen molar-refractivity contribution in [1.29, 1.82) is 0 Å². The lowest BCUT2D eigenvalue weighted by Gasteiger charge is -2.14. The molecule has 0 saturated heterocycles. The lowest BCUT2D eigenvalue weighted by Crippen LogP contribution is -2.31. The molecule has 2 aromatic rings. The van der Waals surface area contributed by atoms with E-state index in [2.05, 4.69) is 0 Å². The highest BCUT2D eigenvalue weighted by molar-refractivity contribution is 7.98. The van der Waals surface area contributed by atoms with Crippen LogP contribution < -0.4 is 4.74 Å². The molecule has 24 heavy (non-hydrogen) atoms. The lowest BCUT2D eigenvalue weighted by atomic mass is 10.1. The second kappa shape index (κ2) is 7.05. The Kier molecular flexibility index (Phi) is 4.85. The zero-order valence-corrected chi connectivity index (χ0v) is 13.9. The Morgan fingerprint density at radius 3 is 2.38 bits per heavy atom. The van der Waals surface area contributed by atoms with Crippen molar-refractivity contribution in [3.8, 4) is 5.75 Å². The standard InChI is InChI=1S/C18H16FNO3S/c1-23-16-7-6-13(19)10-12(16)11-24-9-8-20-17(21)14-4-2-3-5-15(14)18(20)22/h2-7,10H,8-9,11H2,1H3. The van der Waals surface area contributed by atoms with Crippen LogP contribution in [0.15, 0.2) is 42.5 Å². The third-order valence-corrected chi connectivity index (χ3v) is 4.82. The Hall–Kier alpha value is -2.34. The minimum atomic E-state index is -0.313. The van der Waals surface area contributed by atoms with Crippen molar-refractivity contribution in [2.75, 3.05) is 19.4 Å². The number of benzene rings is 2. The number of nitrogens with zero attached hydrogens (tertiary/aromatic N) is 1. The number of rotatable bonds is 6. The normalized spacial score (nSPS) is 13.3. The molecule has 6 heteroatoms. The molecule has 1 heterocycles. The first-order valence-electron chi connectivity index (χ1n) is 7.47. The smallest absolute Gasteiger partial charge is 0.261 e. The number of hydrogen-bond donors (Lipinski definition) is 0. The molecule has 2 amide bonds. The maximum Gasteiger partial charge on any atom is 0.261 e. The summed E-state index contributed by atoms with van der Waals surface area (Å²) in [6.07, 6.45) is 0. The van der Waals surface area contributed by atoms with E-state index >= 15 is 0 Å². The second-order valence-electron chi connectivity index (χ2n) is 5.32. The highest BCUT2D eigenvalue weighted by atomic mass is 32.2. The van der Waals surface area contributed by atoms with Crippen LogP contribution in [0.4, 0.5) is 4.39 Å². The molecule has 1 aliphatic heterocycles. The Bertz CT molecular complexity index is 759. The third kappa shape index (κ3) is 3.14. The molecule has 124 valence electrons. The Morgan fingerprint density at radius 1 is 1.08 bits per heavy atom. The number of ether oxygens (including phenoxy) is 1. The van der Waals surface area contributed by atoms with Gasteiger partial charge in [0.25, 0.3) is 11.8 Å². The molecule has 0 N–H and O–H groups in total. The van der Waals surface area contributed by atoms with Gasteiger partial charge >= 0.3 is 0 Å². The van der Waals surface area contributed by atoms with Crippen LogP contribution >= 0.6 is 11.8 Å². The number of imide groups is 1. The van der Waals surface area contributed by atoms with Gasteiger partial charge in [0, 0.05) is 23.6 Å². The predicted octanol–water partition coefficient (Wildman–Crippen LogP) is 3.36. The van der Waals surface area contributed by atoms with Gasteiger partial charge in [0.2, 0.25) is 0 Å². The minimum Gasteiger partial charge on any atom is -0.496 e. The summed E-state index contributed by atoms with van der Waals surface area (Å²) in [6.45, 7) is 0.328. The fraction of sp³-hybridized carbons (Fsp3) is 0.222. The molecule has 0 radical (unpaired) electrons. The van der Waals surface area contributed by atoms with Crippen molar-refractivity contribution in [1.82, 2.24) is 4.90 Å². The van der Waals surface area contributed by atoms with Crippen molar-refractivity contribution >= 4 is 23.6 Å². The molecule has 3 rings (SSSR count). The summed E-state index contributed by atoms with van der Waals surface area (Å²) in [5.41, 5.74) is 1.67. The maximum atomic E-state index is 13.3. The van der Waals surface area contributed by atoms with E-state index in [1.54, 1.807) is 37.4 Å². The van der Waals surface area contributed by atoms with Gasteiger partial charge in [0.15, 0.2) is 0 Å². The van der Waals surface area contributed by atoms with E-state index in [0.29, 0.717) is 34.9 Å². The predicted molar refractivity (Wildman–Crippen MR) is 90.9 cm³/mol. The summed E-state index contributed by atoms with van der Waals surface area (Å²) in [5, 5.41) is 0. The Balaban J connectivity index is 1.58. The SMILES string of the molecule is COc1ccc(F)cc1CSCCN1C(=O)c2ccccc2C1=O. The number of carbonyl (C=O) groups is 2. The summed E-state index contributed by atoms with van der Waals surface area (Å²) >= 11 is 1.52. The summed E-state index contributed by atoms with van der Waals surface area (Å²) < 4.78 is 18.5. The molecule has 0 aromatic heterocycles. The van der Waals surface area contributed by atoms with Crippen LogP contribution in [0.25, 0.3) is 0 Å². The fourth-order valence-corrected chi connectivity index (χ4v) is 3.54. The first-order valence-corrected chi connectivity index (χ1v) is 8.62. The zero-order chi connectivity index (χ0) is 17.1. The molecule has 0 bridgehead atoms. The number of fused-ring (bicyclic) bond motifs is 1. The second-order valence-corrected chi connectivity index (χ2v) is 6.42. The van der Waals surface area contributed by atoms with Crippen LogP contribution in [0.1, 0.15) is 26.3 Å². The molecule has 0 saturated carbocycles. The quantitative estimate of drug-likeness (QED) is 0.595. The molecular formula is C18H16FNO3S. The molecule has 0 spiro atoms. The summed E-state index contributed by atoms with van der Waals surface area (Å²) in [4.78, 5) is 25.7. The van der Waals surface area contributed by atoms with E-state index < -0.39 is 0 Å². The topological polar surface area (TPSA) is 46.6 Å². The number of thioether (sulfide) groups is 1. The van der Waals surface area contributed by atoms with Crippen LogP contribution in [0.3, 0.4) is 0 Å². The number of carbonyl (C=O) groups excluding carboxylic acids is 2.